The van der Waals surface area contributed by atoms with Gasteiger partial charge >= 0.3 is 5.97 Å². The van der Waals surface area contributed by atoms with E-state index in [9.17, 15) is 14.7 Å². The van der Waals surface area contributed by atoms with Crippen molar-refractivity contribution in [1.82, 2.24) is 0 Å². The van der Waals surface area contributed by atoms with E-state index in [1.807, 2.05) is 55.5 Å². The molecule has 4 rings (SSSR count). The number of rotatable bonds is 6. The third-order valence-electron chi connectivity index (χ3n) is 6.26. The highest BCUT2D eigenvalue weighted by Crippen LogP contribution is 2.42. The van der Waals surface area contributed by atoms with Crippen molar-refractivity contribution < 1.29 is 14.7 Å². The minimum absolute atomic E-state index is 0.209. The van der Waals surface area contributed by atoms with E-state index in [0.29, 0.717) is 27.6 Å². The quantitative estimate of drug-likeness (QED) is 0.219. The second-order valence-corrected chi connectivity index (χ2v) is 9.16. The fraction of sp³-hybridized carbons (Fsp3) is 0.172. The van der Waals surface area contributed by atoms with Gasteiger partial charge in [0.05, 0.1) is 0 Å². The molecule has 3 nitrogen and oxygen atoms in total. The topological polar surface area (TPSA) is 54.4 Å². The number of hydrogen-bond acceptors (Lipinski definition) is 2. The van der Waals surface area contributed by atoms with Crippen LogP contribution in [0.3, 0.4) is 0 Å². The van der Waals surface area contributed by atoms with Gasteiger partial charge in [-0.25, -0.2) is 4.79 Å². The van der Waals surface area contributed by atoms with Crippen LogP contribution in [0.2, 0.25) is 10.0 Å². The van der Waals surface area contributed by atoms with Crippen molar-refractivity contribution in [3.8, 4) is 22.3 Å². The first-order chi connectivity index (χ1) is 16.3. The maximum Gasteiger partial charge on any atom is 0.377 e. The van der Waals surface area contributed by atoms with Crippen molar-refractivity contribution in [2.75, 3.05) is 0 Å². The number of aryl methyl sites for hydroxylation is 3. The lowest BCUT2D eigenvalue weighted by atomic mass is 9.83. The molecule has 0 radical (unpaired) electrons. The minimum Gasteiger partial charge on any atom is -0.475 e. The van der Waals surface area contributed by atoms with Crippen molar-refractivity contribution in [3.63, 3.8) is 0 Å². The third kappa shape index (κ3) is 4.22. The molecule has 0 aliphatic carbocycles. The molecule has 0 amide bonds. The number of halogens is 2. The summed E-state index contributed by atoms with van der Waals surface area (Å²) in [6.45, 7) is 5.89. The van der Waals surface area contributed by atoms with Crippen LogP contribution >= 0.6 is 23.2 Å². The Balaban J connectivity index is 2.17. The first-order valence-electron chi connectivity index (χ1n) is 11.2. The lowest BCUT2D eigenvalue weighted by molar-refractivity contribution is -0.131. The van der Waals surface area contributed by atoms with Gasteiger partial charge in [-0.1, -0.05) is 73.4 Å². The zero-order valence-electron chi connectivity index (χ0n) is 19.2. The molecule has 172 valence electrons. The summed E-state index contributed by atoms with van der Waals surface area (Å²) < 4.78 is 0. The van der Waals surface area contributed by atoms with Crippen molar-refractivity contribution in [1.29, 1.82) is 0 Å². The average Bonchev–Trinajstić information content (AvgIpc) is 2.82. The van der Waals surface area contributed by atoms with Gasteiger partial charge < -0.3 is 5.11 Å². The second kappa shape index (κ2) is 9.61. The Morgan fingerprint density at radius 1 is 0.765 bits per heavy atom. The molecular weight excluding hydrogens is 467 g/mol. The van der Waals surface area contributed by atoms with Gasteiger partial charge in [0.25, 0.3) is 5.78 Å². The number of ketones is 1. The van der Waals surface area contributed by atoms with Gasteiger partial charge in [-0.15, -0.1) is 0 Å². The zero-order valence-corrected chi connectivity index (χ0v) is 20.7. The van der Waals surface area contributed by atoms with Crippen LogP contribution in [0.4, 0.5) is 0 Å². The number of aliphatic carboxylic acids is 1. The number of hydrogen-bond donors (Lipinski definition) is 1. The maximum absolute atomic E-state index is 12.9. The normalized spacial score (nSPS) is 11.1. The first-order valence-corrected chi connectivity index (χ1v) is 11.9. The zero-order chi connectivity index (χ0) is 24.6. The SMILES string of the molecule is CCc1cc(Cl)ccc1-c1cccc2c(-c3ccc(Cl)cc3CC)c(C(=O)C(=O)O)c(C)cc12. The van der Waals surface area contributed by atoms with Crippen molar-refractivity contribution in [2.24, 2.45) is 0 Å². The maximum atomic E-state index is 12.9. The summed E-state index contributed by atoms with van der Waals surface area (Å²) in [7, 11) is 0. The van der Waals surface area contributed by atoms with Gasteiger partial charge in [-0.3, -0.25) is 4.79 Å². The Morgan fingerprint density at radius 2 is 1.35 bits per heavy atom. The molecule has 0 spiro atoms. The molecule has 0 atom stereocenters. The number of benzene rings is 4. The molecule has 5 heteroatoms. The van der Waals surface area contributed by atoms with Crippen LogP contribution in [0, 0.1) is 6.92 Å². The first kappa shape index (κ1) is 24.0. The van der Waals surface area contributed by atoms with Gasteiger partial charge in [0, 0.05) is 21.2 Å². The Hall–Kier alpha value is -3.14. The van der Waals surface area contributed by atoms with E-state index < -0.39 is 11.8 Å². The van der Waals surface area contributed by atoms with E-state index >= 15 is 0 Å². The molecule has 0 aliphatic heterocycles. The molecule has 4 aromatic rings. The van der Waals surface area contributed by atoms with Gasteiger partial charge in [-0.2, -0.15) is 0 Å². The highest BCUT2D eigenvalue weighted by atomic mass is 35.5. The van der Waals surface area contributed by atoms with E-state index in [0.717, 1.165) is 45.0 Å². The number of Topliss-reactive ketones (excluding diaryl/α,β-unsaturated/α-hetero) is 1. The molecule has 0 unspecified atom stereocenters. The van der Waals surface area contributed by atoms with E-state index in [4.69, 9.17) is 23.2 Å². The van der Waals surface area contributed by atoms with Gasteiger partial charge in [-0.05, 0) is 88.2 Å². The van der Waals surface area contributed by atoms with Crippen molar-refractivity contribution in [3.05, 3.63) is 93.0 Å². The van der Waals surface area contributed by atoms with Crippen LogP contribution in [0.5, 0.6) is 0 Å². The smallest absolute Gasteiger partial charge is 0.377 e. The summed E-state index contributed by atoms with van der Waals surface area (Å²) in [5.41, 5.74) is 6.41. The second-order valence-electron chi connectivity index (χ2n) is 8.29. The average molecular weight is 491 g/mol. The molecular formula is C29H24Cl2O3. The summed E-state index contributed by atoms with van der Waals surface area (Å²) in [5.74, 6) is -2.39. The number of carboxylic acid groups (broad SMARTS) is 1. The lowest BCUT2D eigenvalue weighted by Crippen LogP contribution is -2.16. The van der Waals surface area contributed by atoms with Crippen LogP contribution in [0.15, 0.2) is 60.7 Å². The Morgan fingerprint density at radius 3 is 1.94 bits per heavy atom. The van der Waals surface area contributed by atoms with Crippen LogP contribution in [-0.4, -0.2) is 16.9 Å². The third-order valence-corrected chi connectivity index (χ3v) is 6.73. The summed E-state index contributed by atoms with van der Waals surface area (Å²) in [5, 5.41) is 12.7. The van der Waals surface area contributed by atoms with Crippen LogP contribution in [0.1, 0.15) is 40.9 Å². The van der Waals surface area contributed by atoms with E-state index in [1.54, 1.807) is 13.0 Å². The van der Waals surface area contributed by atoms with Gasteiger partial charge in [0.1, 0.15) is 0 Å². The standard InChI is InChI=1S/C29H24Cl2O3/c1-4-17-14-19(30)9-11-21(17)23-7-6-8-24-25(23)13-16(3)26(28(32)29(33)34)27(24)22-12-10-20(31)15-18(22)5-2/h6-15H,4-5H2,1-3H3,(H,33,34). The fourth-order valence-corrected chi connectivity index (χ4v) is 5.08. The highest BCUT2D eigenvalue weighted by Gasteiger charge is 2.26. The predicted octanol–water partition coefficient (Wildman–Crippen LogP) is 8.18. The summed E-state index contributed by atoms with van der Waals surface area (Å²) in [4.78, 5) is 24.7. The fourth-order valence-electron chi connectivity index (χ4n) is 4.69. The Labute approximate surface area is 209 Å². The number of carbonyl (C=O) groups is 2. The van der Waals surface area contributed by atoms with E-state index in [2.05, 4.69) is 13.0 Å². The summed E-state index contributed by atoms with van der Waals surface area (Å²) >= 11 is 12.5. The molecule has 0 aliphatic rings. The molecule has 0 saturated carbocycles. The highest BCUT2D eigenvalue weighted by molar-refractivity contribution is 6.42. The molecule has 0 bridgehead atoms. The van der Waals surface area contributed by atoms with Crippen LogP contribution in [0.25, 0.3) is 33.0 Å². The molecule has 4 aromatic carbocycles. The summed E-state index contributed by atoms with van der Waals surface area (Å²) in [6, 6.07) is 19.2. The monoisotopic (exact) mass is 490 g/mol. The van der Waals surface area contributed by atoms with Gasteiger partial charge in [0.2, 0.25) is 0 Å². The molecule has 0 saturated heterocycles. The molecule has 0 aromatic heterocycles. The molecule has 34 heavy (non-hydrogen) atoms. The van der Waals surface area contributed by atoms with Gasteiger partial charge in [0.15, 0.2) is 0 Å². The molecule has 0 fully saturated rings. The molecule has 0 heterocycles. The predicted molar refractivity (Wildman–Crippen MR) is 140 cm³/mol. The van der Waals surface area contributed by atoms with Crippen molar-refractivity contribution >= 4 is 45.7 Å². The van der Waals surface area contributed by atoms with Crippen LogP contribution in [-0.2, 0) is 17.6 Å². The number of carboxylic acids is 1. The van der Waals surface area contributed by atoms with Crippen molar-refractivity contribution in [2.45, 2.75) is 33.6 Å². The largest absolute Gasteiger partial charge is 0.475 e. The number of fused-ring (bicyclic) bond motifs is 1. The van der Waals surface area contributed by atoms with E-state index in [-0.39, 0.29) is 5.56 Å². The Kier molecular flexibility index (Phi) is 6.79. The Bertz CT molecular complexity index is 1450. The lowest BCUT2D eigenvalue weighted by Gasteiger charge is -2.20. The summed E-state index contributed by atoms with van der Waals surface area (Å²) in [6.07, 6.45) is 1.49. The minimum atomic E-state index is -1.47. The van der Waals surface area contributed by atoms with E-state index in [1.165, 1.54) is 0 Å². The molecule has 1 N–H and O–H groups in total. The van der Waals surface area contributed by atoms with Crippen LogP contribution < -0.4 is 0 Å². The number of carbonyl (C=O) groups excluding carboxylic acids is 1.